The first-order valence-electron chi connectivity index (χ1n) is 5.62. The Labute approximate surface area is 109 Å². The molecule has 0 bridgehead atoms. The summed E-state index contributed by atoms with van der Waals surface area (Å²) in [6.45, 7) is 2.42. The van der Waals surface area contributed by atoms with Crippen molar-refractivity contribution in [3.63, 3.8) is 0 Å². The third kappa shape index (κ3) is 3.31. The number of aliphatic hydroxyl groups is 1. The minimum atomic E-state index is -0.208. The average molecular weight is 266 g/mol. The number of carbonyl (C=O) groups excluding carboxylic acids is 1. The summed E-state index contributed by atoms with van der Waals surface area (Å²) in [7, 11) is 0. The topological polar surface area (TPSA) is 61.8 Å². The van der Waals surface area contributed by atoms with Crippen LogP contribution in [0.5, 0.6) is 0 Å². The molecule has 18 heavy (non-hydrogen) atoms. The highest BCUT2D eigenvalue weighted by Gasteiger charge is 2.17. The van der Waals surface area contributed by atoms with Crippen molar-refractivity contribution in [3.8, 4) is 11.8 Å². The van der Waals surface area contributed by atoms with E-state index in [-0.39, 0.29) is 12.5 Å². The van der Waals surface area contributed by atoms with Crippen molar-refractivity contribution in [3.05, 3.63) is 21.9 Å². The summed E-state index contributed by atoms with van der Waals surface area (Å²) in [5, 5.41) is 12.3. The third-order valence-electron chi connectivity index (χ3n) is 2.44. The smallest absolute Gasteiger partial charge is 0.276 e. The zero-order chi connectivity index (χ0) is 12.8. The van der Waals surface area contributed by atoms with Gasteiger partial charge in [-0.3, -0.25) is 10.2 Å². The van der Waals surface area contributed by atoms with Gasteiger partial charge in [0.15, 0.2) is 0 Å². The molecule has 1 amide bonds. The first kappa shape index (κ1) is 13.1. The van der Waals surface area contributed by atoms with Crippen LogP contribution in [0.15, 0.2) is 11.4 Å². The summed E-state index contributed by atoms with van der Waals surface area (Å²) < 4.78 is 5.21. The largest absolute Gasteiger partial charge is 0.384 e. The molecule has 2 heterocycles. The maximum Gasteiger partial charge on any atom is 0.276 e. The first-order valence-corrected chi connectivity index (χ1v) is 6.50. The Balaban J connectivity index is 2.02. The molecular formula is C12H14N2O3S. The highest BCUT2D eigenvalue weighted by Crippen LogP contribution is 2.15. The fraction of sp³-hybridized carbons (Fsp3) is 0.417. The van der Waals surface area contributed by atoms with Crippen molar-refractivity contribution in [1.29, 1.82) is 0 Å². The van der Waals surface area contributed by atoms with Crippen LogP contribution in [0, 0.1) is 11.8 Å². The second-order valence-electron chi connectivity index (χ2n) is 3.66. The van der Waals surface area contributed by atoms with Crippen LogP contribution in [0.25, 0.3) is 0 Å². The molecule has 6 heteroatoms. The van der Waals surface area contributed by atoms with Gasteiger partial charge >= 0.3 is 0 Å². The number of ether oxygens (including phenoxy) is 1. The lowest BCUT2D eigenvalue weighted by Gasteiger charge is -2.26. The molecule has 0 spiro atoms. The number of nitrogens with one attached hydrogen (secondary N) is 1. The molecule has 0 aliphatic carbocycles. The molecule has 5 nitrogen and oxygen atoms in total. The van der Waals surface area contributed by atoms with Crippen LogP contribution in [0.1, 0.15) is 15.2 Å². The van der Waals surface area contributed by atoms with E-state index >= 15 is 0 Å². The highest BCUT2D eigenvalue weighted by molar-refractivity contribution is 7.12. The Morgan fingerprint density at radius 3 is 3.06 bits per heavy atom. The van der Waals surface area contributed by atoms with E-state index in [0.29, 0.717) is 36.7 Å². The van der Waals surface area contributed by atoms with Gasteiger partial charge in [-0.15, -0.1) is 11.3 Å². The van der Waals surface area contributed by atoms with Gasteiger partial charge in [-0.1, -0.05) is 11.8 Å². The van der Waals surface area contributed by atoms with Crippen molar-refractivity contribution >= 4 is 17.2 Å². The maximum atomic E-state index is 12.0. The van der Waals surface area contributed by atoms with E-state index in [2.05, 4.69) is 17.3 Å². The Morgan fingerprint density at radius 1 is 1.56 bits per heavy atom. The molecular weight excluding hydrogens is 252 g/mol. The number of aliphatic hydroxyl groups excluding tert-OH is 1. The number of hydrogen-bond acceptors (Lipinski definition) is 5. The highest BCUT2D eigenvalue weighted by atomic mass is 32.1. The average Bonchev–Trinajstić information content (AvgIpc) is 2.86. The zero-order valence-corrected chi connectivity index (χ0v) is 10.6. The van der Waals surface area contributed by atoms with Gasteiger partial charge in [0.25, 0.3) is 5.91 Å². The first-order chi connectivity index (χ1) is 8.81. The fourth-order valence-electron chi connectivity index (χ4n) is 1.59. The lowest BCUT2D eigenvalue weighted by molar-refractivity contribution is 0.0127. The number of nitrogens with zero attached hydrogens (tertiary/aromatic N) is 1. The van der Waals surface area contributed by atoms with Crippen molar-refractivity contribution < 1.29 is 14.6 Å². The Kier molecular flexibility index (Phi) is 4.73. The molecule has 0 saturated carbocycles. The number of morpholine rings is 1. The van der Waals surface area contributed by atoms with Gasteiger partial charge in [0.2, 0.25) is 0 Å². The summed E-state index contributed by atoms with van der Waals surface area (Å²) in [5.74, 6) is 5.16. The summed E-state index contributed by atoms with van der Waals surface area (Å²) in [6.07, 6.45) is 0. The van der Waals surface area contributed by atoms with E-state index < -0.39 is 0 Å². The molecule has 2 N–H and O–H groups in total. The maximum absolute atomic E-state index is 12.0. The van der Waals surface area contributed by atoms with Crippen molar-refractivity contribution in [1.82, 2.24) is 10.4 Å². The monoisotopic (exact) mass is 266 g/mol. The number of rotatable bonds is 2. The molecule has 0 unspecified atom stereocenters. The van der Waals surface area contributed by atoms with E-state index in [1.807, 2.05) is 10.4 Å². The standard InChI is InChI=1S/C12H14N2O3S/c15-6-1-2-10-3-9-18-11(10)12(16)13-14-4-7-17-8-5-14/h3,9,15H,4-8H2,(H,13,16). The molecule has 0 atom stereocenters. The summed E-state index contributed by atoms with van der Waals surface area (Å²) in [6, 6.07) is 1.78. The lowest BCUT2D eigenvalue weighted by Crippen LogP contribution is -2.48. The molecule has 1 saturated heterocycles. The number of hydrazine groups is 1. The number of hydrogen-bond donors (Lipinski definition) is 2. The van der Waals surface area contributed by atoms with Crippen LogP contribution in [0.2, 0.25) is 0 Å². The number of amides is 1. The van der Waals surface area contributed by atoms with Crippen LogP contribution in [0.4, 0.5) is 0 Å². The lowest BCUT2D eigenvalue weighted by atomic mass is 10.2. The van der Waals surface area contributed by atoms with Crippen LogP contribution in [-0.4, -0.2) is 48.9 Å². The van der Waals surface area contributed by atoms with Crippen molar-refractivity contribution in [2.45, 2.75) is 0 Å². The molecule has 2 rings (SSSR count). The Bertz CT molecular complexity index is 469. The predicted molar refractivity (Wildman–Crippen MR) is 68.1 cm³/mol. The Morgan fingerprint density at radius 2 is 2.33 bits per heavy atom. The molecule has 0 aromatic carbocycles. The van der Waals surface area contributed by atoms with Crippen LogP contribution in [0.3, 0.4) is 0 Å². The van der Waals surface area contributed by atoms with E-state index in [1.54, 1.807) is 6.07 Å². The van der Waals surface area contributed by atoms with Gasteiger partial charge in [0, 0.05) is 18.7 Å². The molecule has 0 radical (unpaired) electrons. The quantitative estimate of drug-likeness (QED) is 0.744. The van der Waals surface area contributed by atoms with Crippen molar-refractivity contribution in [2.75, 3.05) is 32.9 Å². The Hall–Kier alpha value is -1.39. The van der Waals surface area contributed by atoms with Crippen molar-refractivity contribution in [2.24, 2.45) is 0 Å². The molecule has 1 aromatic heterocycles. The van der Waals surface area contributed by atoms with Gasteiger partial charge < -0.3 is 9.84 Å². The minimum absolute atomic E-state index is 0.158. The molecule has 1 aliphatic rings. The van der Waals surface area contributed by atoms with Gasteiger partial charge in [-0.25, -0.2) is 5.01 Å². The molecule has 1 aromatic rings. The van der Waals surface area contributed by atoms with Crippen LogP contribution < -0.4 is 5.43 Å². The summed E-state index contributed by atoms with van der Waals surface area (Å²) in [4.78, 5) is 12.6. The SMILES string of the molecule is O=C(NN1CCOCC1)c1sccc1C#CCO. The van der Waals surface area contributed by atoms with E-state index in [9.17, 15) is 4.79 Å². The van der Waals surface area contributed by atoms with E-state index in [1.165, 1.54) is 11.3 Å². The molecule has 96 valence electrons. The minimum Gasteiger partial charge on any atom is -0.384 e. The molecule has 1 aliphatic heterocycles. The van der Waals surface area contributed by atoms with Crippen LogP contribution in [-0.2, 0) is 4.74 Å². The molecule has 1 fully saturated rings. The fourth-order valence-corrected chi connectivity index (χ4v) is 2.33. The normalized spacial score (nSPS) is 15.8. The second kappa shape index (κ2) is 6.52. The zero-order valence-electron chi connectivity index (χ0n) is 9.81. The predicted octanol–water partition coefficient (Wildman–Crippen LogP) is 0.0689. The van der Waals surface area contributed by atoms with E-state index in [4.69, 9.17) is 9.84 Å². The second-order valence-corrected chi connectivity index (χ2v) is 4.58. The van der Waals surface area contributed by atoms with Gasteiger partial charge in [-0.05, 0) is 11.4 Å². The van der Waals surface area contributed by atoms with Gasteiger partial charge in [0.05, 0.1) is 13.2 Å². The van der Waals surface area contributed by atoms with Crippen LogP contribution >= 0.6 is 11.3 Å². The van der Waals surface area contributed by atoms with Gasteiger partial charge in [0.1, 0.15) is 11.5 Å². The summed E-state index contributed by atoms with van der Waals surface area (Å²) >= 11 is 1.34. The summed E-state index contributed by atoms with van der Waals surface area (Å²) in [5.41, 5.74) is 3.49. The van der Waals surface area contributed by atoms with Gasteiger partial charge in [-0.2, -0.15) is 0 Å². The van der Waals surface area contributed by atoms with E-state index in [0.717, 1.165) is 0 Å². The number of carbonyl (C=O) groups is 1. The third-order valence-corrected chi connectivity index (χ3v) is 3.36. The number of thiophene rings is 1.